The van der Waals surface area contributed by atoms with Gasteiger partial charge in [0.15, 0.2) is 5.82 Å². The van der Waals surface area contributed by atoms with Gasteiger partial charge in [0.05, 0.1) is 11.1 Å². The number of rotatable bonds is 2. The highest BCUT2D eigenvalue weighted by Crippen LogP contribution is 2.27. The smallest absolute Gasteiger partial charge is 0.344 e. The van der Waals surface area contributed by atoms with Crippen LogP contribution < -0.4 is 5.76 Å². The van der Waals surface area contributed by atoms with Crippen LogP contribution in [0.2, 0.25) is 0 Å². The molecule has 20 heavy (non-hydrogen) atoms. The average Bonchev–Trinajstić information content (AvgIpc) is 3.01. The summed E-state index contributed by atoms with van der Waals surface area (Å²) in [5.41, 5.74) is 2.31. The van der Waals surface area contributed by atoms with E-state index in [2.05, 4.69) is 20.7 Å². The Morgan fingerprint density at radius 1 is 1.45 bits per heavy atom. The normalized spacial score (nSPS) is 11.1. The van der Waals surface area contributed by atoms with Gasteiger partial charge in [0.1, 0.15) is 6.07 Å². The van der Waals surface area contributed by atoms with Gasteiger partial charge in [-0.25, -0.2) is 4.79 Å². The van der Waals surface area contributed by atoms with Crippen LogP contribution in [0, 0.1) is 11.3 Å². The summed E-state index contributed by atoms with van der Waals surface area (Å²) in [6.07, 6.45) is 1.84. The lowest BCUT2D eigenvalue weighted by molar-refractivity contribution is 0.388. The molecule has 0 unspecified atom stereocenters. The molecule has 6 heteroatoms. The average molecular weight is 268 g/mol. The fourth-order valence-corrected chi connectivity index (χ4v) is 2.27. The molecule has 0 atom stereocenters. The Bertz CT molecular complexity index is 877. The number of aromatic nitrogens is 3. The van der Waals surface area contributed by atoms with Gasteiger partial charge < -0.3 is 4.57 Å². The van der Waals surface area contributed by atoms with Crippen molar-refractivity contribution < 1.29 is 4.52 Å². The lowest BCUT2D eigenvalue weighted by Crippen LogP contribution is -1.98. The third-order valence-electron chi connectivity index (χ3n) is 3.22. The molecule has 3 aromatic rings. The highest BCUT2D eigenvalue weighted by Gasteiger charge is 2.13. The van der Waals surface area contributed by atoms with E-state index < -0.39 is 5.76 Å². The molecule has 6 nitrogen and oxygen atoms in total. The van der Waals surface area contributed by atoms with E-state index in [1.165, 1.54) is 0 Å². The molecular formula is C14H12N4O2. The molecule has 0 aliphatic rings. The molecule has 3 rings (SSSR count). The quantitative estimate of drug-likeness (QED) is 0.773. The Kier molecular flexibility index (Phi) is 2.68. The van der Waals surface area contributed by atoms with Gasteiger partial charge >= 0.3 is 5.76 Å². The van der Waals surface area contributed by atoms with Crippen molar-refractivity contribution in [2.24, 2.45) is 0 Å². The molecule has 0 amide bonds. The SMILES string of the molecule is CC(C)n1cc(C#N)c2ccc(-c3noc(=O)[nH]3)cc21. The van der Waals surface area contributed by atoms with Crippen LogP contribution in [0.3, 0.4) is 0 Å². The Hall–Kier alpha value is -2.81. The summed E-state index contributed by atoms with van der Waals surface area (Å²) in [6.45, 7) is 4.09. The second-order valence-corrected chi connectivity index (χ2v) is 4.83. The fourth-order valence-electron chi connectivity index (χ4n) is 2.27. The number of nitrogens with one attached hydrogen (secondary N) is 1. The monoisotopic (exact) mass is 268 g/mol. The molecule has 1 aromatic carbocycles. The van der Waals surface area contributed by atoms with Crippen molar-refractivity contribution in [1.29, 1.82) is 5.26 Å². The first-order valence-corrected chi connectivity index (χ1v) is 6.21. The molecule has 0 aliphatic heterocycles. The van der Waals surface area contributed by atoms with Crippen LogP contribution >= 0.6 is 0 Å². The predicted octanol–water partition coefficient (Wildman–Crippen LogP) is 2.44. The lowest BCUT2D eigenvalue weighted by Gasteiger charge is -2.09. The van der Waals surface area contributed by atoms with Crippen LogP contribution in [0.4, 0.5) is 0 Å². The summed E-state index contributed by atoms with van der Waals surface area (Å²) in [5.74, 6) is -0.205. The maximum absolute atomic E-state index is 11.0. The summed E-state index contributed by atoms with van der Waals surface area (Å²) in [5, 5.41) is 13.7. The number of hydrogen-bond acceptors (Lipinski definition) is 4. The molecule has 0 fully saturated rings. The molecule has 0 spiro atoms. The predicted molar refractivity (Wildman–Crippen MR) is 73.2 cm³/mol. The van der Waals surface area contributed by atoms with E-state index in [9.17, 15) is 10.1 Å². The first-order chi connectivity index (χ1) is 9.60. The van der Waals surface area contributed by atoms with E-state index in [4.69, 9.17) is 0 Å². The molecule has 100 valence electrons. The second-order valence-electron chi connectivity index (χ2n) is 4.83. The van der Waals surface area contributed by atoms with Gasteiger partial charge in [-0.15, -0.1) is 0 Å². The molecular weight excluding hydrogens is 256 g/mol. The third-order valence-corrected chi connectivity index (χ3v) is 3.22. The van der Waals surface area contributed by atoms with E-state index in [1.807, 2.05) is 42.8 Å². The highest BCUT2D eigenvalue weighted by molar-refractivity contribution is 5.89. The van der Waals surface area contributed by atoms with Crippen molar-refractivity contribution in [3.8, 4) is 17.5 Å². The Morgan fingerprint density at radius 2 is 2.25 bits per heavy atom. The summed E-state index contributed by atoms with van der Waals surface area (Å²) in [7, 11) is 0. The zero-order valence-corrected chi connectivity index (χ0v) is 11.0. The topological polar surface area (TPSA) is 87.6 Å². The zero-order chi connectivity index (χ0) is 14.3. The number of H-pyrrole nitrogens is 1. The maximum Gasteiger partial charge on any atom is 0.439 e. The van der Waals surface area contributed by atoms with Crippen LogP contribution in [0.15, 0.2) is 33.7 Å². The largest absolute Gasteiger partial charge is 0.439 e. The first kappa shape index (κ1) is 12.2. The molecule has 0 saturated heterocycles. The molecule has 2 aromatic heterocycles. The highest BCUT2D eigenvalue weighted by atomic mass is 16.5. The summed E-state index contributed by atoms with van der Waals surface area (Å²) >= 11 is 0. The Labute approximate surface area is 114 Å². The minimum Gasteiger partial charge on any atom is -0.344 e. The van der Waals surface area contributed by atoms with Crippen LogP contribution in [0.1, 0.15) is 25.5 Å². The van der Waals surface area contributed by atoms with E-state index in [1.54, 1.807) is 0 Å². The molecule has 0 aliphatic carbocycles. The molecule has 0 saturated carbocycles. The summed E-state index contributed by atoms with van der Waals surface area (Å²) in [6, 6.07) is 7.98. The minimum atomic E-state index is -0.586. The maximum atomic E-state index is 11.0. The van der Waals surface area contributed by atoms with Gasteiger partial charge in [0.2, 0.25) is 0 Å². The van der Waals surface area contributed by atoms with E-state index >= 15 is 0 Å². The number of nitrogens with zero attached hydrogens (tertiary/aromatic N) is 3. The number of hydrogen-bond donors (Lipinski definition) is 1. The van der Waals surface area contributed by atoms with Crippen molar-refractivity contribution >= 4 is 10.9 Å². The molecule has 0 radical (unpaired) electrons. The zero-order valence-electron chi connectivity index (χ0n) is 11.0. The Morgan fingerprint density at radius 3 is 2.85 bits per heavy atom. The van der Waals surface area contributed by atoms with E-state index in [0.717, 1.165) is 16.5 Å². The van der Waals surface area contributed by atoms with Crippen molar-refractivity contribution in [2.45, 2.75) is 19.9 Å². The van der Waals surface area contributed by atoms with E-state index in [-0.39, 0.29) is 6.04 Å². The van der Waals surface area contributed by atoms with E-state index in [0.29, 0.717) is 11.4 Å². The number of nitriles is 1. The van der Waals surface area contributed by atoms with Crippen molar-refractivity contribution in [3.63, 3.8) is 0 Å². The van der Waals surface area contributed by atoms with Gasteiger partial charge in [-0.1, -0.05) is 17.3 Å². The summed E-state index contributed by atoms with van der Waals surface area (Å²) in [4.78, 5) is 13.5. The fraction of sp³-hybridized carbons (Fsp3) is 0.214. The van der Waals surface area contributed by atoms with Gasteiger partial charge in [-0.3, -0.25) is 9.51 Å². The Balaban J connectivity index is 2.27. The molecule has 2 heterocycles. The number of benzene rings is 1. The van der Waals surface area contributed by atoms with Crippen LogP contribution in [0.25, 0.3) is 22.3 Å². The minimum absolute atomic E-state index is 0.228. The van der Waals surface area contributed by atoms with Crippen molar-refractivity contribution in [3.05, 3.63) is 40.5 Å². The lowest BCUT2D eigenvalue weighted by atomic mass is 10.1. The van der Waals surface area contributed by atoms with Crippen molar-refractivity contribution in [1.82, 2.24) is 14.7 Å². The first-order valence-electron chi connectivity index (χ1n) is 6.21. The second kappa shape index (κ2) is 4.38. The molecule has 1 N–H and O–H groups in total. The summed E-state index contributed by atoms with van der Waals surface area (Å²) < 4.78 is 6.54. The van der Waals surface area contributed by atoms with Crippen LogP contribution in [0.5, 0.6) is 0 Å². The van der Waals surface area contributed by atoms with Crippen LogP contribution in [-0.4, -0.2) is 14.7 Å². The number of aromatic amines is 1. The van der Waals surface area contributed by atoms with Gasteiger partial charge in [-0.2, -0.15) is 5.26 Å². The third kappa shape index (κ3) is 1.80. The number of fused-ring (bicyclic) bond motifs is 1. The van der Waals surface area contributed by atoms with Crippen LogP contribution in [-0.2, 0) is 0 Å². The molecule has 0 bridgehead atoms. The standard InChI is InChI=1S/C14H12N4O2/c1-8(2)18-7-10(6-15)11-4-3-9(5-12(11)18)13-16-14(19)20-17-13/h3-5,7-8H,1-2H3,(H,16,17,19). The van der Waals surface area contributed by atoms with Crippen molar-refractivity contribution in [2.75, 3.05) is 0 Å². The van der Waals surface area contributed by atoms with Gasteiger partial charge in [-0.05, 0) is 19.9 Å². The van der Waals surface area contributed by atoms with Gasteiger partial charge in [0.25, 0.3) is 0 Å². The van der Waals surface area contributed by atoms with Gasteiger partial charge in [0, 0.05) is 23.2 Å².